The Bertz CT molecular complexity index is 1490. The van der Waals surface area contributed by atoms with Crippen LogP contribution in [-0.4, -0.2) is 63.2 Å². The second kappa shape index (κ2) is 12.9. The summed E-state index contributed by atoms with van der Waals surface area (Å²) in [5.41, 5.74) is 4.54. The van der Waals surface area contributed by atoms with E-state index in [1.165, 1.54) is 0 Å². The number of anilines is 5. The van der Waals surface area contributed by atoms with Gasteiger partial charge in [-0.25, -0.2) is 14.6 Å². The third kappa shape index (κ3) is 8.22. The number of halogens is 4. The van der Waals surface area contributed by atoms with Crippen molar-refractivity contribution in [3.8, 4) is 0 Å². The van der Waals surface area contributed by atoms with Gasteiger partial charge >= 0.3 is 18.2 Å². The van der Waals surface area contributed by atoms with Crippen molar-refractivity contribution in [3.05, 3.63) is 64.8 Å². The molecule has 0 radical (unpaired) electrons. The SMILES string of the molecule is CC(=O)N1CC[C@@H](NC(=O)Nc2ccc3cc2CCc2cccc(c2)Nc2ncc(Cl)c(n2)N3)C1.O=C(O)C(F)(F)F. The second-order valence-corrected chi connectivity index (χ2v) is 9.97. The zero-order valence-corrected chi connectivity index (χ0v) is 23.0. The number of nitrogens with zero attached hydrogens (tertiary/aromatic N) is 3. The highest BCUT2D eigenvalue weighted by molar-refractivity contribution is 6.32. The summed E-state index contributed by atoms with van der Waals surface area (Å²) in [6.07, 6.45) is -1.29. The number of hydrogen-bond donors (Lipinski definition) is 5. The van der Waals surface area contributed by atoms with Crippen LogP contribution in [0, 0.1) is 0 Å². The number of aliphatic carboxylic acids is 1. The lowest BCUT2D eigenvalue weighted by molar-refractivity contribution is -0.192. The molecule has 3 amide bonds. The first-order valence-corrected chi connectivity index (χ1v) is 13.2. The Morgan fingerprint density at radius 1 is 1.10 bits per heavy atom. The lowest BCUT2D eigenvalue weighted by Crippen LogP contribution is -2.40. The number of carboxylic acids is 1. The van der Waals surface area contributed by atoms with Gasteiger partial charge in [-0.15, -0.1) is 0 Å². The molecular formula is C27H27ClF3N7O4. The van der Waals surface area contributed by atoms with E-state index in [4.69, 9.17) is 21.5 Å². The maximum Gasteiger partial charge on any atom is 0.490 e. The quantitative estimate of drug-likeness (QED) is 0.271. The Kier molecular flexibility index (Phi) is 9.35. The molecule has 5 rings (SSSR count). The zero-order chi connectivity index (χ0) is 30.4. The van der Waals surface area contributed by atoms with Gasteiger partial charge in [0.25, 0.3) is 0 Å². The van der Waals surface area contributed by atoms with Crippen LogP contribution in [0.4, 0.5) is 46.8 Å². The van der Waals surface area contributed by atoms with Crippen LogP contribution in [0.5, 0.6) is 0 Å². The highest BCUT2D eigenvalue weighted by atomic mass is 35.5. The topological polar surface area (TPSA) is 149 Å². The van der Waals surface area contributed by atoms with Crippen molar-refractivity contribution in [3.63, 3.8) is 0 Å². The number of carboxylic acid groups (broad SMARTS) is 1. The van der Waals surface area contributed by atoms with E-state index in [-0.39, 0.29) is 18.0 Å². The van der Waals surface area contributed by atoms with Gasteiger partial charge in [0.05, 0.1) is 6.20 Å². The summed E-state index contributed by atoms with van der Waals surface area (Å²) in [7, 11) is 0. The largest absolute Gasteiger partial charge is 0.490 e. The fraction of sp³-hybridized carbons (Fsp3) is 0.296. The predicted octanol–water partition coefficient (Wildman–Crippen LogP) is 5.09. The van der Waals surface area contributed by atoms with Gasteiger partial charge in [0.15, 0.2) is 5.82 Å². The molecule has 5 N–H and O–H groups in total. The number of amides is 3. The summed E-state index contributed by atoms with van der Waals surface area (Å²) in [6, 6.07) is 13.5. The molecule has 1 aromatic heterocycles. The van der Waals surface area contributed by atoms with Crippen molar-refractivity contribution in [2.45, 2.75) is 38.4 Å². The third-order valence-electron chi connectivity index (χ3n) is 6.44. The standard InChI is InChI=1S/C25H26ClN7O2.C2HF3O2/c1-15(34)33-10-9-20(14-33)30-25(35)31-22-8-7-19-12-17(22)6-5-16-3-2-4-18(11-16)29-24-27-13-21(26)23(28-19)32-24;3-2(4,5)1(6)7/h2-4,7-8,11-13,20H,5-6,9-10,14H2,1H3,(H2,30,31,35)(H2,27,28,29,32);(H,6,7)/t20-;/m1./s1. The minimum Gasteiger partial charge on any atom is -0.475 e. The average Bonchev–Trinajstić information content (AvgIpc) is 3.39. The van der Waals surface area contributed by atoms with E-state index < -0.39 is 12.1 Å². The molecule has 2 aromatic carbocycles. The van der Waals surface area contributed by atoms with Crippen LogP contribution in [0.3, 0.4) is 0 Å². The van der Waals surface area contributed by atoms with Crippen LogP contribution >= 0.6 is 11.6 Å². The number of nitrogens with one attached hydrogen (secondary N) is 4. The number of aryl methyl sites for hydroxylation is 2. The molecule has 0 spiro atoms. The smallest absolute Gasteiger partial charge is 0.475 e. The number of alkyl halides is 3. The van der Waals surface area contributed by atoms with Crippen LogP contribution in [0.2, 0.25) is 5.02 Å². The molecule has 3 heterocycles. The molecule has 11 nitrogen and oxygen atoms in total. The Morgan fingerprint density at radius 2 is 1.83 bits per heavy atom. The summed E-state index contributed by atoms with van der Waals surface area (Å²) >= 11 is 6.34. The number of aromatic nitrogens is 2. The van der Waals surface area contributed by atoms with E-state index in [9.17, 15) is 22.8 Å². The first kappa shape index (κ1) is 30.4. The lowest BCUT2D eigenvalue weighted by atomic mass is 10.0. The minimum absolute atomic E-state index is 0.0271. The Labute approximate surface area is 243 Å². The van der Waals surface area contributed by atoms with Gasteiger partial charge in [-0.2, -0.15) is 18.2 Å². The lowest BCUT2D eigenvalue weighted by Gasteiger charge is -2.18. The van der Waals surface area contributed by atoms with Gasteiger partial charge in [0, 0.05) is 43.1 Å². The number of carbonyl (C=O) groups excluding carboxylic acids is 2. The van der Waals surface area contributed by atoms with E-state index >= 15 is 0 Å². The van der Waals surface area contributed by atoms with Gasteiger partial charge in [-0.05, 0) is 60.7 Å². The van der Waals surface area contributed by atoms with Crippen molar-refractivity contribution in [1.82, 2.24) is 20.2 Å². The van der Waals surface area contributed by atoms with E-state index in [0.29, 0.717) is 36.3 Å². The maximum atomic E-state index is 12.8. The fourth-order valence-corrected chi connectivity index (χ4v) is 4.51. The fourth-order valence-electron chi connectivity index (χ4n) is 4.37. The molecule has 0 saturated carbocycles. The summed E-state index contributed by atoms with van der Waals surface area (Å²) in [6.45, 7) is 2.74. The van der Waals surface area contributed by atoms with Crippen molar-refractivity contribution in [2.24, 2.45) is 0 Å². The molecule has 6 bridgehead atoms. The Balaban J connectivity index is 0.000000517. The normalized spacial score (nSPS) is 15.7. The van der Waals surface area contributed by atoms with Crippen molar-refractivity contribution < 1.29 is 32.7 Å². The molecular weight excluding hydrogens is 579 g/mol. The number of likely N-dealkylation sites (tertiary alicyclic amines) is 1. The summed E-state index contributed by atoms with van der Waals surface area (Å²) in [5.74, 6) is -1.80. The predicted molar refractivity (Wildman–Crippen MR) is 150 cm³/mol. The molecule has 2 aliphatic rings. The van der Waals surface area contributed by atoms with Crippen molar-refractivity contribution >= 4 is 58.3 Å². The van der Waals surface area contributed by atoms with Crippen molar-refractivity contribution in [2.75, 3.05) is 29.0 Å². The van der Waals surface area contributed by atoms with Crippen LogP contribution in [0.15, 0.2) is 48.7 Å². The van der Waals surface area contributed by atoms with Crippen LogP contribution < -0.4 is 21.3 Å². The molecule has 0 aliphatic carbocycles. The van der Waals surface area contributed by atoms with Gasteiger partial charge in [-0.1, -0.05) is 23.7 Å². The Hall–Kier alpha value is -4.59. The number of carbonyl (C=O) groups is 3. The highest BCUT2D eigenvalue weighted by Crippen LogP contribution is 2.29. The first-order valence-electron chi connectivity index (χ1n) is 12.8. The highest BCUT2D eigenvalue weighted by Gasteiger charge is 2.38. The Morgan fingerprint density at radius 3 is 2.52 bits per heavy atom. The van der Waals surface area contributed by atoms with Crippen LogP contribution in [0.1, 0.15) is 24.5 Å². The molecule has 2 aliphatic heterocycles. The van der Waals surface area contributed by atoms with Gasteiger partial charge in [-0.3, -0.25) is 4.79 Å². The maximum absolute atomic E-state index is 12.8. The number of hydrogen-bond acceptors (Lipinski definition) is 7. The number of urea groups is 1. The summed E-state index contributed by atoms with van der Waals surface area (Å²) < 4.78 is 31.7. The average molecular weight is 606 g/mol. The van der Waals surface area contributed by atoms with Gasteiger partial charge < -0.3 is 31.3 Å². The van der Waals surface area contributed by atoms with Crippen LogP contribution in [-0.2, 0) is 22.4 Å². The zero-order valence-electron chi connectivity index (χ0n) is 22.3. The van der Waals surface area contributed by atoms with Gasteiger partial charge in [0.1, 0.15) is 5.02 Å². The van der Waals surface area contributed by atoms with E-state index in [1.54, 1.807) is 18.0 Å². The number of benzene rings is 2. The number of fused-ring (bicyclic) bond motifs is 6. The molecule has 1 saturated heterocycles. The van der Waals surface area contributed by atoms with E-state index in [0.717, 1.165) is 41.0 Å². The van der Waals surface area contributed by atoms with E-state index in [1.807, 2.05) is 30.3 Å². The molecule has 15 heteroatoms. The molecule has 0 unspecified atom stereocenters. The molecule has 222 valence electrons. The van der Waals surface area contributed by atoms with Crippen molar-refractivity contribution in [1.29, 1.82) is 0 Å². The minimum atomic E-state index is -5.08. The summed E-state index contributed by atoms with van der Waals surface area (Å²) in [5, 5.41) is 20.0. The molecule has 1 fully saturated rings. The second-order valence-electron chi connectivity index (χ2n) is 9.56. The molecule has 1 atom stereocenters. The molecule has 3 aromatic rings. The first-order chi connectivity index (χ1) is 19.9. The monoisotopic (exact) mass is 605 g/mol. The molecule has 42 heavy (non-hydrogen) atoms. The number of rotatable bonds is 2. The summed E-state index contributed by atoms with van der Waals surface area (Å²) in [4.78, 5) is 43.8. The van der Waals surface area contributed by atoms with E-state index in [2.05, 4.69) is 43.4 Å². The van der Waals surface area contributed by atoms with Gasteiger partial charge in [0.2, 0.25) is 11.9 Å². The third-order valence-corrected chi connectivity index (χ3v) is 6.71. The van der Waals surface area contributed by atoms with Crippen LogP contribution in [0.25, 0.3) is 0 Å².